The van der Waals surface area contributed by atoms with Crippen LogP contribution >= 0.6 is 0 Å². The Morgan fingerprint density at radius 3 is 2.73 bits per heavy atom. The summed E-state index contributed by atoms with van der Waals surface area (Å²) in [5, 5.41) is 9.46. The summed E-state index contributed by atoms with van der Waals surface area (Å²) >= 11 is 0. The molecule has 0 fully saturated rings. The first-order chi connectivity index (χ1) is 10.6. The number of aromatic nitrogens is 1. The van der Waals surface area contributed by atoms with E-state index in [1.54, 1.807) is 6.20 Å². The maximum Gasteiger partial charge on any atom is 0.205 e. The van der Waals surface area contributed by atoms with Crippen LogP contribution in [0.4, 0.5) is 5.69 Å². The van der Waals surface area contributed by atoms with Gasteiger partial charge in [0.2, 0.25) is 5.88 Å². The molecule has 1 aliphatic rings. The lowest BCUT2D eigenvalue weighted by Gasteiger charge is -2.27. The predicted molar refractivity (Wildman–Crippen MR) is 84.3 cm³/mol. The zero-order valence-corrected chi connectivity index (χ0v) is 12.4. The van der Waals surface area contributed by atoms with E-state index in [9.17, 15) is 5.26 Å². The first kappa shape index (κ1) is 14.0. The molecule has 1 aromatic carbocycles. The van der Waals surface area contributed by atoms with Gasteiger partial charge < -0.3 is 15.4 Å². The quantitative estimate of drug-likeness (QED) is 0.919. The second kappa shape index (κ2) is 5.41. The first-order valence-corrected chi connectivity index (χ1v) is 6.91. The van der Waals surface area contributed by atoms with E-state index in [1.165, 1.54) is 0 Å². The average molecular weight is 292 g/mol. The van der Waals surface area contributed by atoms with Gasteiger partial charge in [-0.1, -0.05) is 12.1 Å². The minimum Gasteiger partial charge on any atom is -0.440 e. The third-order valence-electron chi connectivity index (χ3n) is 3.70. The number of benzene rings is 1. The Morgan fingerprint density at radius 1 is 1.27 bits per heavy atom. The number of nitrogens with two attached hydrogens (primary N) is 1. The maximum absolute atomic E-state index is 9.46. The fourth-order valence-corrected chi connectivity index (χ4v) is 2.57. The van der Waals surface area contributed by atoms with Crippen LogP contribution < -0.4 is 15.4 Å². The minimum atomic E-state index is -0.300. The van der Waals surface area contributed by atoms with Gasteiger partial charge in [-0.15, -0.1) is 0 Å². The SMILES string of the molecule is CN(C)c1ccc2c(c1)OC(N)=C(C#N)C2c1ccccn1. The number of nitrogens with zero attached hydrogens (tertiary/aromatic N) is 3. The maximum atomic E-state index is 9.46. The highest BCUT2D eigenvalue weighted by atomic mass is 16.5. The molecule has 0 saturated heterocycles. The zero-order chi connectivity index (χ0) is 15.7. The van der Waals surface area contributed by atoms with Crippen molar-refractivity contribution < 1.29 is 4.74 Å². The van der Waals surface area contributed by atoms with Crippen molar-refractivity contribution in [3.05, 3.63) is 65.3 Å². The number of hydrogen-bond acceptors (Lipinski definition) is 5. The van der Waals surface area contributed by atoms with Gasteiger partial charge in [0.25, 0.3) is 0 Å². The molecule has 2 heterocycles. The van der Waals surface area contributed by atoms with Crippen LogP contribution in [-0.4, -0.2) is 19.1 Å². The van der Waals surface area contributed by atoms with Gasteiger partial charge in [-0.3, -0.25) is 4.98 Å². The van der Waals surface area contributed by atoms with Crippen LogP contribution in [0.25, 0.3) is 0 Å². The van der Waals surface area contributed by atoms with Gasteiger partial charge in [0, 0.05) is 37.6 Å². The fourth-order valence-electron chi connectivity index (χ4n) is 2.57. The molecular weight excluding hydrogens is 276 g/mol. The van der Waals surface area contributed by atoms with Crippen molar-refractivity contribution in [3.8, 4) is 11.8 Å². The topological polar surface area (TPSA) is 75.2 Å². The third-order valence-corrected chi connectivity index (χ3v) is 3.70. The monoisotopic (exact) mass is 292 g/mol. The molecule has 5 heteroatoms. The van der Waals surface area contributed by atoms with E-state index < -0.39 is 0 Å². The van der Waals surface area contributed by atoms with Gasteiger partial charge in [-0.05, 0) is 18.2 Å². The Hall–Kier alpha value is -3.00. The smallest absolute Gasteiger partial charge is 0.205 e. The molecule has 0 bridgehead atoms. The first-order valence-electron chi connectivity index (χ1n) is 6.91. The number of allylic oxidation sites excluding steroid dienone is 1. The standard InChI is InChI=1S/C17H16N4O/c1-21(2)11-6-7-12-15(9-11)22-17(19)13(10-18)16(12)14-5-3-4-8-20-14/h3-9,16H,19H2,1-2H3. The molecule has 0 radical (unpaired) electrons. The van der Waals surface area contributed by atoms with E-state index in [0.717, 1.165) is 16.9 Å². The molecule has 2 N–H and O–H groups in total. The van der Waals surface area contributed by atoms with Crippen LogP contribution in [0.3, 0.4) is 0 Å². The average Bonchev–Trinajstić information content (AvgIpc) is 2.53. The van der Waals surface area contributed by atoms with Gasteiger partial charge in [-0.25, -0.2) is 0 Å². The zero-order valence-electron chi connectivity index (χ0n) is 12.4. The van der Waals surface area contributed by atoms with E-state index in [0.29, 0.717) is 11.3 Å². The van der Waals surface area contributed by atoms with Crippen LogP contribution in [0.15, 0.2) is 54.1 Å². The van der Waals surface area contributed by atoms with Crippen LogP contribution in [0.1, 0.15) is 17.2 Å². The normalized spacial score (nSPS) is 16.5. The number of anilines is 1. The van der Waals surface area contributed by atoms with Gasteiger partial charge in [0.15, 0.2) is 0 Å². The van der Waals surface area contributed by atoms with Crippen molar-refractivity contribution in [1.82, 2.24) is 4.98 Å². The number of fused-ring (bicyclic) bond motifs is 1. The molecule has 1 unspecified atom stereocenters. The molecule has 3 rings (SSSR count). The summed E-state index contributed by atoms with van der Waals surface area (Å²) in [6, 6.07) is 13.7. The van der Waals surface area contributed by atoms with Crippen LogP contribution in [0, 0.1) is 11.3 Å². The van der Waals surface area contributed by atoms with Gasteiger partial charge in [-0.2, -0.15) is 5.26 Å². The molecule has 1 aromatic heterocycles. The lowest BCUT2D eigenvalue weighted by atomic mass is 9.86. The van der Waals surface area contributed by atoms with Crippen molar-refractivity contribution in [1.29, 1.82) is 5.26 Å². The molecule has 5 nitrogen and oxygen atoms in total. The molecule has 0 spiro atoms. The molecule has 0 amide bonds. The largest absolute Gasteiger partial charge is 0.440 e. The van der Waals surface area contributed by atoms with Crippen molar-refractivity contribution in [2.75, 3.05) is 19.0 Å². The van der Waals surface area contributed by atoms with E-state index >= 15 is 0 Å². The molecule has 22 heavy (non-hydrogen) atoms. The number of nitriles is 1. The van der Waals surface area contributed by atoms with Crippen LogP contribution in [0.5, 0.6) is 5.75 Å². The van der Waals surface area contributed by atoms with Gasteiger partial charge in [0.05, 0.1) is 11.6 Å². The summed E-state index contributed by atoms with van der Waals surface area (Å²) in [4.78, 5) is 6.37. The fraction of sp³-hybridized carbons (Fsp3) is 0.176. The highest BCUT2D eigenvalue weighted by molar-refractivity contribution is 5.60. The third kappa shape index (κ3) is 2.25. The number of pyridine rings is 1. The Bertz CT molecular complexity index is 775. The van der Waals surface area contributed by atoms with Gasteiger partial charge >= 0.3 is 0 Å². The summed E-state index contributed by atoms with van der Waals surface area (Å²) in [5.41, 5.74) is 9.03. The number of hydrogen-bond donors (Lipinski definition) is 1. The summed E-state index contributed by atoms with van der Waals surface area (Å²) in [7, 11) is 3.92. The van der Waals surface area contributed by atoms with Crippen molar-refractivity contribution in [2.24, 2.45) is 5.73 Å². The van der Waals surface area contributed by atoms with Crippen LogP contribution in [-0.2, 0) is 0 Å². The summed E-state index contributed by atoms with van der Waals surface area (Å²) in [6.07, 6.45) is 1.71. The highest BCUT2D eigenvalue weighted by Gasteiger charge is 2.31. The molecule has 0 aliphatic carbocycles. The minimum absolute atomic E-state index is 0.140. The number of rotatable bonds is 2. The van der Waals surface area contributed by atoms with E-state index in [-0.39, 0.29) is 11.8 Å². The molecule has 0 saturated carbocycles. The Balaban J connectivity index is 2.18. The Morgan fingerprint density at radius 2 is 2.09 bits per heavy atom. The Kier molecular flexibility index (Phi) is 3.43. The highest BCUT2D eigenvalue weighted by Crippen LogP contribution is 2.42. The van der Waals surface area contributed by atoms with Crippen LogP contribution in [0.2, 0.25) is 0 Å². The lowest BCUT2D eigenvalue weighted by molar-refractivity contribution is 0.393. The summed E-state index contributed by atoms with van der Waals surface area (Å²) < 4.78 is 5.66. The van der Waals surface area contributed by atoms with Crippen molar-refractivity contribution in [2.45, 2.75) is 5.92 Å². The van der Waals surface area contributed by atoms with Crippen molar-refractivity contribution in [3.63, 3.8) is 0 Å². The molecule has 1 aliphatic heterocycles. The second-order valence-corrected chi connectivity index (χ2v) is 5.30. The predicted octanol–water partition coefficient (Wildman–Crippen LogP) is 2.37. The second-order valence-electron chi connectivity index (χ2n) is 5.30. The Labute approximate surface area is 129 Å². The van der Waals surface area contributed by atoms with E-state index in [1.807, 2.05) is 55.4 Å². The molecular formula is C17H16N4O. The molecule has 2 aromatic rings. The lowest BCUT2D eigenvalue weighted by Crippen LogP contribution is -2.22. The van der Waals surface area contributed by atoms with Gasteiger partial charge in [0.1, 0.15) is 17.4 Å². The summed E-state index contributed by atoms with van der Waals surface area (Å²) in [5.74, 6) is 0.506. The molecule has 1 atom stereocenters. The number of ether oxygens (including phenoxy) is 1. The van der Waals surface area contributed by atoms with E-state index in [4.69, 9.17) is 10.5 Å². The summed E-state index contributed by atoms with van der Waals surface area (Å²) in [6.45, 7) is 0. The van der Waals surface area contributed by atoms with Crippen molar-refractivity contribution >= 4 is 5.69 Å². The molecule has 110 valence electrons. The van der Waals surface area contributed by atoms with E-state index in [2.05, 4.69) is 11.1 Å².